The van der Waals surface area contributed by atoms with Gasteiger partial charge >= 0.3 is 0 Å². The standard InChI is InChI=1S/C18H32N6.HI/c1-4-5-11-22(3)12-10-21-18(19-2)24-15-13-23(14-16-24)17-8-6-7-9-20-17;/h6-9H,4-5,10-16H2,1-3H3,(H,19,21);1H. The first kappa shape index (κ1) is 22.0. The molecular weight excluding hydrogens is 427 g/mol. The number of halogens is 1. The van der Waals surface area contributed by atoms with Gasteiger partial charge in [-0.2, -0.15) is 0 Å². The molecule has 1 aliphatic rings. The van der Waals surface area contributed by atoms with Gasteiger partial charge < -0.3 is 20.0 Å². The fraction of sp³-hybridized carbons (Fsp3) is 0.667. The second-order valence-corrected chi connectivity index (χ2v) is 6.29. The van der Waals surface area contributed by atoms with E-state index in [1.165, 1.54) is 19.4 Å². The van der Waals surface area contributed by atoms with E-state index >= 15 is 0 Å². The Morgan fingerprint density at radius 1 is 1.24 bits per heavy atom. The van der Waals surface area contributed by atoms with Crippen LogP contribution in [0.2, 0.25) is 0 Å². The Morgan fingerprint density at radius 3 is 2.60 bits per heavy atom. The molecule has 1 aromatic heterocycles. The van der Waals surface area contributed by atoms with Gasteiger partial charge in [0.15, 0.2) is 5.96 Å². The molecule has 2 heterocycles. The van der Waals surface area contributed by atoms with Crippen molar-refractivity contribution in [3.63, 3.8) is 0 Å². The lowest BCUT2D eigenvalue weighted by Crippen LogP contribution is -2.53. The Balaban J connectivity index is 0.00000312. The third-order valence-corrected chi connectivity index (χ3v) is 4.43. The predicted octanol–water partition coefficient (Wildman–Crippen LogP) is 2.13. The van der Waals surface area contributed by atoms with E-state index in [4.69, 9.17) is 0 Å². The molecule has 0 saturated carbocycles. The van der Waals surface area contributed by atoms with Crippen LogP contribution in [0.15, 0.2) is 29.4 Å². The number of piperazine rings is 1. The molecule has 6 nitrogen and oxygen atoms in total. The summed E-state index contributed by atoms with van der Waals surface area (Å²) in [6.45, 7) is 9.30. The van der Waals surface area contributed by atoms with Crippen LogP contribution in [-0.2, 0) is 0 Å². The van der Waals surface area contributed by atoms with E-state index < -0.39 is 0 Å². The summed E-state index contributed by atoms with van der Waals surface area (Å²) in [6, 6.07) is 6.09. The molecule has 25 heavy (non-hydrogen) atoms. The summed E-state index contributed by atoms with van der Waals surface area (Å²) in [4.78, 5) is 15.9. The average molecular weight is 460 g/mol. The van der Waals surface area contributed by atoms with Gasteiger partial charge in [-0.25, -0.2) is 4.98 Å². The SMILES string of the molecule is CCCCN(C)CCNC(=NC)N1CCN(c2ccccn2)CC1.I. The highest BCUT2D eigenvalue weighted by atomic mass is 127. The zero-order valence-corrected chi connectivity index (χ0v) is 18.1. The summed E-state index contributed by atoms with van der Waals surface area (Å²) in [5.74, 6) is 2.08. The van der Waals surface area contributed by atoms with Crippen molar-refractivity contribution in [1.29, 1.82) is 0 Å². The molecule has 142 valence electrons. The topological polar surface area (TPSA) is 47.0 Å². The molecule has 0 spiro atoms. The number of anilines is 1. The third kappa shape index (κ3) is 7.35. The van der Waals surface area contributed by atoms with Crippen molar-refractivity contribution in [3.05, 3.63) is 24.4 Å². The van der Waals surface area contributed by atoms with Crippen LogP contribution >= 0.6 is 24.0 Å². The lowest BCUT2D eigenvalue weighted by atomic mass is 10.3. The average Bonchev–Trinajstić information content (AvgIpc) is 2.64. The predicted molar refractivity (Wildman–Crippen MR) is 117 cm³/mol. The Hall–Kier alpha value is -1.09. The number of pyridine rings is 1. The number of guanidine groups is 1. The smallest absolute Gasteiger partial charge is 0.193 e. The second kappa shape index (κ2) is 12.3. The van der Waals surface area contributed by atoms with Crippen LogP contribution < -0.4 is 10.2 Å². The number of unbranched alkanes of at least 4 members (excludes halogenated alkanes) is 1. The lowest BCUT2D eigenvalue weighted by molar-refractivity contribution is 0.325. The lowest BCUT2D eigenvalue weighted by Gasteiger charge is -2.37. The number of aliphatic imine (C=N–C) groups is 1. The molecule has 0 bridgehead atoms. The van der Waals surface area contributed by atoms with Crippen molar-refractivity contribution in [2.75, 3.05) is 64.8 Å². The molecule has 0 aliphatic carbocycles. The Labute approximate surface area is 169 Å². The first-order valence-electron chi connectivity index (χ1n) is 9.04. The first-order chi connectivity index (χ1) is 11.7. The highest BCUT2D eigenvalue weighted by Gasteiger charge is 2.20. The third-order valence-electron chi connectivity index (χ3n) is 4.43. The van der Waals surface area contributed by atoms with Crippen LogP contribution in [0.1, 0.15) is 19.8 Å². The minimum absolute atomic E-state index is 0. The summed E-state index contributed by atoms with van der Waals surface area (Å²) < 4.78 is 0. The highest BCUT2D eigenvalue weighted by molar-refractivity contribution is 14.0. The normalized spacial score (nSPS) is 15.3. The van der Waals surface area contributed by atoms with Gasteiger partial charge in [-0.1, -0.05) is 19.4 Å². The summed E-state index contributed by atoms with van der Waals surface area (Å²) in [6.07, 6.45) is 4.37. The Bertz CT molecular complexity index is 488. The van der Waals surface area contributed by atoms with Crippen molar-refractivity contribution in [2.24, 2.45) is 4.99 Å². The molecule has 0 aromatic carbocycles. The maximum absolute atomic E-state index is 4.45. The van der Waals surface area contributed by atoms with Gasteiger partial charge in [-0.15, -0.1) is 24.0 Å². The molecule has 7 heteroatoms. The van der Waals surface area contributed by atoms with Crippen LogP contribution in [0.25, 0.3) is 0 Å². The molecule has 0 atom stereocenters. The molecule has 1 saturated heterocycles. The van der Waals surface area contributed by atoms with Crippen LogP contribution in [0.4, 0.5) is 5.82 Å². The molecule has 1 aromatic rings. The Kier molecular flexibility index (Phi) is 10.8. The van der Waals surface area contributed by atoms with Crippen LogP contribution in [0.5, 0.6) is 0 Å². The van der Waals surface area contributed by atoms with E-state index in [0.717, 1.165) is 51.0 Å². The fourth-order valence-electron chi connectivity index (χ4n) is 2.92. The molecule has 2 rings (SSSR count). The van der Waals surface area contributed by atoms with Crippen molar-refractivity contribution >= 4 is 35.8 Å². The number of nitrogens with zero attached hydrogens (tertiary/aromatic N) is 5. The monoisotopic (exact) mass is 460 g/mol. The number of aromatic nitrogens is 1. The molecular formula is C18H33IN6. The van der Waals surface area contributed by atoms with Crippen molar-refractivity contribution in [2.45, 2.75) is 19.8 Å². The van der Waals surface area contributed by atoms with Gasteiger partial charge in [0.2, 0.25) is 0 Å². The van der Waals surface area contributed by atoms with Crippen molar-refractivity contribution in [1.82, 2.24) is 20.1 Å². The number of hydrogen-bond acceptors (Lipinski definition) is 4. The van der Waals surface area contributed by atoms with Gasteiger partial charge in [0.1, 0.15) is 5.82 Å². The minimum Gasteiger partial charge on any atom is -0.355 e. The molecule has 1 N–H and O–H groups in total. The van der Waals surface area contributed by atoms with E-state index in [0.29, 0.717) is 0 Å². The number of likely N-dealkylation sites (N-methyl/N-ethyl adjacent to an activating group) is 1. The van der Waals surface area contributed by atoms with E-state index in [9.17, 15) is 0 Å². The molecule has 1 aliphatic heterocycles. The second-order valence-electron chi connectivity index (χ2n) is 6.29. The summed E-state index contributed by atoms with van der Waals surface area (Å²) in [5.41, 5.74) is 0. The van der Waals surface area contributed by atoms with Crippen LogP contribution in [0, 0.1) is 0 Å². The van der Waals surface area contributed by atoms with E-state index in [1.807, 2.05) is 25.4 Å². The molecule has 1 fully saturated rings. The quantitative estimate of drug-likeness (QED) is 0.384. The highest BCUT2D eigenvalue weighted by Crippen LogP contribution is 2.12. The molecule has 0 amide bonds. The van der Waals surface area contributed by atoms with Gasteiger partial charge in [0.25, 0.3) is 0 Å². The maximum atomic E-state index is 4.45. The minimum atomic E-state index is 0. The van der Waals surface area contributed by atoms with Gasteiger partial charge in [0.05, 0.1) is 0 Å². The maximum Gasteiger partial charge on any atom is 0.193 e. The van der Waals surface area contributed by atoms with E-state index in [1.54, 1.807) is 0 Å². The number of rotatable bonds is 7. The number of hydrogen-bond donors (Lipinski definition) is 1. The van der Waals surface area contributed by atoms with Crippen molar-refractivity contribution < 1.29 is 0 Å². The van der Waals surface area contributed by atoms with Gasteiger partial charge in [-0.05, 0) is 32.1 Å². The first-order valence-corrected chi connectivity index (χ1v) is 9.04. The summed E-state index contributed by atoms with van der Waals surface area (Å²) in [7, 11) is 4.06. The molecule has 0 radical (unpaired) electrons. The number of nitrogens with one attached hydrogen (secondary N) is 1. The van der Waals surface area contributed by atoms with Crippen LogP contribution in [0.3, 0.4) is 0 Å². The van der Waals surface area contributed by atoms with Gasteiger partial charge in [-0.3, -0.25) is 4.99 Å². The molecule has 0 unspecified atom stereocenters. The van der Waals surface area contributed by atoms with Crippen LogP contribution in [-0.4, -0.2) is 80.7 Å². The van der Waals surface area contributed by atoms with Gasteiger partial charge in [0, 0.05) is 52.5 Å². The van der Waals surface area contributed by atoms with E-state index in [-0.39, 0.29) is 24.0 Å². The Morgan fingerprint density at radius 2 is 2.00 bits per heavy atom. The summed E-state index contributed by atoms with van der Waals surface area (Å²) in [5, 5.41) is 3.50. The summed E-state index contributed by atoms with van der Waals surface area (Å²) >= 11 is 0. The van der Waals surface area contributed by atoms with E-state index in [2.05, 4.69) is 50.0 Å². The fourth-order valence-corrected chi connectivity index (χ4v) is 2.92. The zero-order valence-electron chi connectivity index (χ0n) is 15.8. The largest absolute Gasteiger partial charge is 0.355 e. The zero-order chi connectivity index (χ0) is 17.2. The van der Waals surface area contributed by atoms with Crippen molar-refractivity contribution in [3.8, 4) is 0 Å².